The second-order valence-electron chi connectivity index (χ2n) is 6.08. The van der Waals surface area contributed by atoms with Gasteiger partial charge in [-0.15, -0.1) is 0 Å². The molecule has 0 fully saturated rings. The van der Waals surface area contributed by atoms with Crippen LogP contribution in [-0.4, -0.2) is 18.0 Å². The molecule has 2 N–H and O–H groups in total. The molecule has 0 saturated heterocycles. The number of carbonyl (C=O) groups excluding carboxylic acids is 2. The molecule has 8 heteroatoms. The molecule has 0 aromatic heterocycles. The van der Waals surface area contributed by atoms with Gasteiger partial charge in [-0.3, -0.25) is 9.59 Å². The van der Waals surface area contributed by atoms with Crippen molar-refractivity contribution in [2.45, 2.75) is 6.61 Å². The van der Waals surface area contributed by atoms with Gasteiger partial charge in [0.05, 0.1) is 16.9 Å². The van der Waals surface area contributed by atoms with Gasteiger partial charge in [-0.25, -0.2) is 5.43 Å². The number of ether oxygens (including phenoxy) is 1. The fraction of sp³-hybridized carbons (Fsp3) is 0.0455. The van der Waals surface area contributed by atoms with Crippen molar-refractivity contribution in [3.8, 4) is 5.75 Å². The first kappa shape index (κ1) is 21.4. The third-order valence-electron chi connectivity index (χ3n) is 3.94. The predicted octanol–water partition coefficient (Wildman–Crippen LogP) is 4.66. The molecule has 0 spiro atoms. The summed E-state index contributed by atoms with van der Waals surface area (Å²) in [5.74, 6) is -1.12. The van der Waals surface area contributed by atoms with Crippen LogP contribution in [0.3, 0.4) is 0 Å². The van der Waals surface area contributed by atoms with Crippen LogP contribution < -0.4 is 15.5 Å². The van der Waals surface area contributed by atoms with E-state index in [1.165, 1.54) is 6.21 Å². The standard InChI is InChI=1S/C22H17Cl2N3O3/c23-18-6-2-1-5-16(18)14-30-17-11-9-15(10-12-17)13-25-27-22(29)21(28)26-20-8-4-3-7-19(20)24/h1-13H,14H2,(H,26,28)(H,27,29)/b25-13-. The minimum atomic E-state index is -0.911. The van der Waals surface area contributed by atoms with Crippen LogP contribution in [0.1, 0.15) is 11.1 Å². The highest BCUT2D eigenvalue weighted by Crippen LogP contribution is 2.20. The monoisotopic (exact) mass is 441 g/mol. The number of nitrogens with one attached hydrogen (secondary N) is 2. The van der Waals surface area contributed by atoms with Gasteiger partial charge in [0.25, 0.3) is 0 Å². The molecule has 0 aliphatic heterocycles. The molecule has 0 bridgehead atoms. The number of hydrazone groups is 1. The van der Waals surface area contributed by atoms with E-state index in [2.05, 4.69) is 15.8 Å². The number of hydrogen-bond donors (Lipinski definition) is 2. The second-order valence-corrected chi connectivity index (χ2v) is 6.90. The quantitative estimate of drug-likeness (QED) is 0.331. The van der Waals surface area contributed by atoms with Crippen molar-refractivity contribution in [1.82, 2.24) is 5.43 Å². The van der Waals surface area contributed by atoms with Gasteiger partial charge in [-0.2, -0.15) is 5.10 Å². The smallest absolute Gasteiger partial charge is 0.329 e. The number of rotatable bonds is 6. The molecule has 0 aliphatic carbocycles. The fourth-order valence-electron chi connectivity index (χ4n) is 2.38. The predicted molar refractivity (Wildman–Crippen MR) is 118 cm³/mol. The Bertz CT molecular complexity index is 1070. The summed E-state index contributed by atoms with van der Waals surface area (Å²) in [5, 5.41) is 7.18. The molecule has 3 aromatic rings. The van der Waals surface area contributed by atoms with Crippen LogP contribution in [0.15, 0.2) is 77.9 Å². The Labute approximate surface area is 183 Å². The first-order valence-electron chi connectivity index (χ1n) is 8.88. The van der Waals surface area contributed by atoms with Crippen molar-refractivity contribution < 1.29 is 14.3 Å². The van der Waals surface area contributed by atoms with E-state index >= 15 is 0 Å². The van der Waals surface area contributed by atoms with E-state index in [9.17, 15) is 9.59 Å². The van der Waals surface area contributed by atoms with Crippen LogP contribution in [0, 0.1) is 0 Å². The van der Waals surface area contributed by atoms with Gasteiger partial charge in [-0.1, -0.05) is 53.5 Å². The molecule has 3 rings (SSSR count). The molecule has 3 aromatic carbocycles. The summed E-state index contributed by atoms with van der Waals surface area (Å²) in [6.45, 7) is 0.351. The number of nitrogens with zero attached hydrogens (tertiary/aromatic N) is 1. The molecule has 0 unspecified atom stereocenters. The van der Waals surface area contributed by atoms with Crippen LogP contribution in [-0.2, 0) is 16.2 Å². The lowest BCUT2D eigenvalue weighted by atomic mass is 10.2. The van der Waals surface area contributed by atoms with E-state index in [1.807, 2.05) is 24.3 Å². The lowest BCUT2D eigenvalue weighted by Gasteiger charge is -2.07. The first-order chi connectivity index (χ1) is 14.5. The molecular formula is C22H17Cl2N3O3. The molecule has 0 radical (unpaired) electrons. The average Bonchev–Trinajstić information content (AvgIpc) is 2.75. The normalized spacial score (nSPS) is 10.6. The summed E-state index contributed by atoms with van der Waals surface area (Å²) >= 11 is 12.0. The van der Waals surface area contributed by atoms with Crippen molar-refractivity contribution in [2.75, 3.05) is 5.32 Å². The Kier molecular flexibility index (Phi) is 7.43. The lowest BCUT2D eigenvalue weighted by Crippen LogP contribution is -2.32. The summed E-state index contributed by atoms with van der Waals surface area (Å²) in [6.07, 6.45) is 1.42. The van der Waals surface area contributed by atoms with E-state index in [4.69, 9.17) is 27.9 Å². The van der Waals surface area contributed by atoms with E-state index in [0.29, 0.717) is 33.7 Å². The summed E-state index contributed by atoms with van der Waals surface area (Å²) in [5.41, 5.74) is 4.12. The number of carbonyl (C=O) groups is 2. The Morgan fingerprint density at radius 1 is 0.867 bits per heavy atom. The van der Waals surface area contributed by atoms with Crippen LogP contribution in [0.2, 0.25) is 10.0 Å². The number of hydrogen-bond acceptors (Lipinski definition) is 4. The molecule has 6 nitrogen and oxygen atoms in total. The van der Waals surface area contributed by atoms with E-state index in [1.54, 1.807) is 48.5 Å². The molecular weight excluding hydrogens is 425 g/mol. The van der Waals surface area contributed by atoms with Crippen LogP contribution in [0.25, 0.3) is 0 Å². The summed E-state index contributed by atoms with van der Waals surface area (Å²) in [4.78, 5) is 23.7. The maximum Gasteiger partial charge on any atom is 0.329 e. The maximum absolute atomic E-state index is 11.9. The fourth-order valence-corrected chi connectivity index (χ4v) is 2.76. The zero-order valence-electron chi connectivity index (χ0n) is 15.6. The van der Waals surface area contributed by atoms with Crippen molar-refractivity contribution >= 4 is 46.9 Å². The highest BCUT2D eigenvalue weighted by Gasteiger charge is 2.14. The number of para-hydroxylation sites is 1. The summed E-state index contributed by atoms with van der Waals surface area (Å²) < 4.78 is 5.71. The Morgan fingerprint density at radius 2 is 1.53 bits per heavy atom. The van der Waals surface area contributed by atoms with Crippen LogP contribution in [0.5, 0.6) is 5.75 Å². The minimum Gasteiger partial charge on any atom is -0.489 e. The van der Waals surface area contributed by atoms with Gasteiger partial charge >= 0.3 is 11.8 Å². The molecule has 30 heavy (non-hydrogen) atoms. The molecule has 0 heterocycles. The van der Waals surface area contributed by atoms with E-state index < -0.39 is 11.8 Å². The van der Waals surface area contributed by atoms with Gasteiger partial charge in [0.1, 0.15) is 12.4 Å². The van der Waals surface area contributed by atoms with Gasteiger partial charge in [0.2, 0.25) is 0 Å². The SMILES string of the molecule is O=C(N/N=C\c1ccc(OCc2ccccc2Cl)cc1)C(=O)Nc1ccccc1Cl. The largest absolute Gasteiger partial charge is 0.489 e. The van der Waals surface area contributed by atoms with Crippen molar-refractivity contribution in [3.63, 3.8) is 0 Å². The van der Waals surface area contributed by atoms with Crippen molar-refractivity contribution in [3.05, 3.63) is 94.0 Å². The lowest BCUT2D eigenvalue weighted by molar-refractivity contribution is -0.136. The van der Waals surface area contributed by atoms with Gasteiger partial charge in [0.15, 0.2) is 0 Å². The molecule has 0 atom stereocenters. The first-order valence-corrected chi connectivity index (χ1v) is 9.64. The van der Waals surface area contributed by atoms with Gasteiger partial charge < -0.3 is 10.1 Å². The van der Waals surface area contributed by atoms with Crippen LogP contribution >= 0.6 is 23.2 Å². The number of benzene rings is 3. The van der Waals surface area contributed by atoms with E-state index in [0.717, 1.165) is 5.56 Å². The number of anilines is 1. The van der Waals surface area contributed by atoms with E-state index in [-0.39, 0.29) is 0 Å². The summed E-state index contributed by atoms with van der Waals surface area (Å²) in [7, 11) is 0. The Balaban J connectivity index is 1.49. The third kappa shape index (κ3) is 6.07. The second kappa shape index (κ2) is 10.4. The van der Waals surface area contributed by atoms with Crippen molar-refractivity contribution in [1.29, 1.82) is 0 Å². The van der Waals surface area contributed by atoms with Crippen LogP contribution in [0.4, 0.5) is 5.69 Å². The van der Waals surface area contributed by atoms with Crippen molar-refractivity contribution in [2.24, 2.45) is 5.10 Å². The van der Waals surface area contributed by atoms with Gasteiger partial charge in [-0.05, 0) is 48.0 Å². The number of amides is 2. The molecule has 152 valence electrons. The highest BCUT2D eigenvalue weighted by atomic mass is 35.5. The van der Waals surface area contributed by atoms with Gasteiger partial charge in [0, 0.05) is 10.6 Å². The number of halogens is 2. The molecule has 0 saturated carbocycles. The Morgan fingerprint density at radius 3 is 2.23 bits per heavy atom. The minimum absolute atomic E-state index is 0.332. The topological polar surface area (TPSA) is 79.8 Å². The molecule has 2 amide bonds. The zero-order valence-corrected chi connectivity index (χ0v) is 17.2. The summed E-state index contributed by atoms with van der Waals surface area (Å²) in [6, 6.07) is 21.1. The molecule has 0 aliphatic rings. The third-order valence-corrected chi connectivity index (χ3v) is 4.64. The highest BCUT2D eigenvalue weighted by molar-refractivity contribution is 6.41. The maximum atomic E-state index is 11.9. The zero-order chi connectivity index (χ0) is 21.3. The Hall–Kier alpha value is -3.35. The average molecular weight is 442 g/mol.